The maximum Gasteiger partial charge on any atom is 0.161 e. The molecule has 20 heavy (non-hydrogen) atoms. The fraction of sp³-hybridized carbons (Fsp3) is 0.294. The van der Waals surface area contributed by atoms with Crippen LogP contribution in [0.5, 0.6) is 11.5 Å². The van der Waals surface area contributed by atoms with Gasteiger partial charge in [-0.05, 0) is 36.6 Å². The van der Waals surface area contributed by atoms with Gasteiger partial charge in [0.2, 0.25) is 0 Å². The van der Waals surface area contributed by atoms with Crippen molar-refractivity contribution in [3.05, 3.63) is 59.2 Å². The van der Waals surface area contributed by atoms with Crippen molar-refractivity contribution in [1.82, 2.24) is 0 Å². The van der Waals surface area contributed by atoms with Gasteiger partial charge in [0.05, 0.1) is 0 Å². The molecule has 0 unspecified atom stereocenters. The van der Waals surface area contributed by atoms with Gasteiger partial charge in [-0.1, -0.05) is 35.9 Å². The molecule has 3 heteroatoms. The lowest BCUT2D eigenvalue weighted by molar-refractivity contribution is 0.171. The molecule has 2 aromatic rings. The molecule has 2 N–H and O–H groups in total. The molecule has 104 valence electrons. The average Bonchev–Trinajstić information content (AvgIpc) is 2.49. The fourth-order valence-electron chi connectivity index (χ4n) is 2.39. The van der Waals surface area contributed by atoms with E-state index in [1.807, 2.05) is 18.2 Å². The molecule has 3 nitrogen and oxygen atoms in total. The van der Waals surface area contributed by atoms with Gasteiger partial charge in [-0.25, -0.2) is 0 Å². The molecule has 0 amide bonds. The SMILES string of the molecule is Cc1ccc(C[C@@H](N)c2ccc3c(c2)OCCO3)cc1. The Kier molecular flexibility index (Phi) is 3.61. The summed E-state index contributed by atoms with van der Waals surface area (Å²) in [6, 6.07) is 14.4. The van der Waals surface area contributed by atoms with E-state index in [1.165, 1.54) is 11.1 Å². The summed E-state index contributed by atoms with van der Waals surface area (Å²) in [6.07, 6.45) is 0.819. The Labute approximate surface area is 119 Å². The summed E-state index contributed by atoms with van der Waals surface area (Å²) in [5.74, 6) is 1.61. The molecule has 2 aromatic carbocycles. The summed E-state index contributed by atoms with van der Waals surface area (Å²) in [7, 11) is 0. The van der Waals surface area contributed by atoms with E-state index >= 15 is 0 Å². The summed E-state index contributed by atoms with van der Waals surface area (Å²) in [5, 5.41) is 0. The van der Waals surface area contributed by atoms with Crippen molar-refractivity contribution < 1.29 is 9.47 Å². The number of nitrogens with two attached hydrogens (primary N) is 1. The van der Waals surface area contributed by atoms with Crippen molar-refractivity contribution >= 4 is 0 Å². The Balaban J connectivity index is 1.76. The van der Waals surface area contributed by atoms with E-state index in [9.17, 15) is 0 Å². The molecule has 0 bridgehead atoms. The lowest BCUT2D eigenvalue weighted by Gasteiger charge is -2.20. The zero-order valence-corrected chi connectivity index (χ0v) is 11.6. The lowest BCUT2D eigenvalue weighted by Crippen LogP contribution is -2.17. The minimum absolute atomic E-state index is 0.0338. The standard InChI is InChI=1S/C17H19NO2/c1-12-2-4-13(5-3-12)10-15(18)14-6-7-16-17(11-14)20-9-8-19-16/h2-7,11,15H,8-10,18H2,1H3/t15-/m1/s1. The van der Waals surface area contributed by atoms with Crippen LogP contribution in [0.15, 0.2) is 42.5 Å². The van der Waals surface area contributed by atoms with Crippen molar-refractivity contribution in [2.75, 3.05) is 13.2 Å². The van der Waals surface area contributed by atoms with Gasteiger partial charge in [-0.2, -0.15) is 0 Å². The number of ether oxygens (including phenoxy) is 2. The third-order valence-corrected chi connectivity index (χ3v) is 3.57. The molecular formula is C17H19NO2. The van der Waals surface area contributed by atoms with E-state index < -0.39 is 0 Å². The third kappa shape index (κ3) is 2.78. The van der Waals surface area contributed by atoms with E-state index in [-0.39, 0.29) is 6.04 Å². The largest absolute Gasteiger partial charge is 0.486 e. The van der Waals surface area contributed by atoms with Gasteiger partial charge in [-0.3, -0.25) is 0 Å². The number of benzene rings is 2. The first-order chi connectivity index (χ1) is 9.72. The molecule has 0 saturated carbocycles. The van der Waals surface area contributed by atoms with Crippen LogP contribution in [0.4, 0.5) is 0 Å². The van der Waals surface area contributed by atoms with Crippen LogP contribution in [0.1, 0.15) is 22.7 Å². The Hall–Kier alpha value is -2.00. The first-order valence-electron chi connectivity index (χ1n) is 6.93. The normalized spacial score (nSPS) is 14.9. The number of rotatable bonds is 3. The minimum atomic E-state index is -0.0338. The second-order valence-corrected chi connectivity index (χ2v) is 5.20. The summed E-state index contributed by atoms with van der Waals surface area (Å²) < 4.78 is 11.1. The van der Waals surface area contributed by atoms with E-state index in [1.54, 1.807) is 0 Å². The quantitative estimate of drug-likeness (QED) is 0.931. The zero-order valence-electron chi connectivity index (χ0n) is 11.6. The number of fused-ring (bicyclic) bond motifs is 1. The van der Waals surface area contributed by atoms with Crippen LogP contribution in [-0.4, -0.2) is 13.2 Å². The fourth-order valence-corrected chi connectivity index (χ4v) is 2.39. The van der Waals surface area contributed by atoms with E-state index in [4.69, 9.17) is 15.2 Å². The highest BCUT2D eigenvalue weighted by Crippen LogP contribution is 2.32. The molecule has 0 saturated heterocycles. The molecule has 0 aliphatic carbocycles. The molecule has 0 fully saturated rings. The van der Waals surface area contributed by atoms with Crippen LogP contribution in [0.25, 0.3) is 0 Å². The van der Waals surface area contributed by atoms with Gasteiger partial charge < -0.3 is 15.2 Å². The highest BCUT2D eigenvalue weighted by atomic mass is 16.6. The topological polar surface area (TPSA) is 44.5 Å². The summed E-state index contributed by atoms with van der Waals surface area (Å²) in [5.41, 5.74) is 9.89. The zero-order chi connectivity index (χ0) is 13.9. The predicted octanol–water partition coefficient (Wildman–Crippen LogP) is 3.01. The Morgan fingerprint density at radius 3 is 2.45 bits per heavy atom. The predicted molar refractivity (Wildman–Crippen MR) is 79.2 cm³/mol. The van der Waals surface area contributed by atoms with Crippen LogP contribution in [0.2, 0.25) is 0 Å². The second kappa shape index (κ2) is 5.55. The number of hydrogen-bond acceptors (Lipinski definition) is 3. The third-order valence-electron chi connectivity index (χ3n) is 3.57. The Morgan fingerprint density at radius 2 is 1.70 bits per heavy atom. The maximum atomic E-state index is 6.30. The molecular weight excluding hydrogens is 250 g/mol. The van der Waals surface area contributed by atoms with Crippen molar-refractivity contribution in [1.29, 1.82) is 0 Å². The van der Waals surface area contributed by atoms with Gasteiger partial charge in [0.25, 0.3) is 0 Å². The van der Waals surface area contributed by atoms with Crippen LogP contribution >= 0.6 is 0 Å². The monoisotopic (exact) mass is 269 g/mol. The number of aryl methyl sites for hydroxylation is 1. The Morgan fingerprint density at radius 1 is 1.00 bits per heavy atom. The molecule has 1 aliphatic heterocycles. The van der Waals surface area contributed by atoms with Gasteiger partial charge >= 0.3 is 0 Å². The summed E-state index contributed by atoms with van der Waals surface area (Å²) in [6.45, 7) is 3.30. The second-order valence-electron chi connectivity index (χ2n) is 5.20. The maximum absolute atomic E-state index is 6.30. The number of hydrogen-bond donors (Lipinski definition) is 1. The summed E-state index contributed by atoms with van der Waals surface area (Å²) >= 11 is 0. The van der Waals surface area contributed by atoms with Crippen LogP contribution in [0, 0.1) is 6.92 Å². The molecule has 0 spiro atoms. The molecule has 3 rings (SSSR count). The average molecular weight is 269 g/mol. The van der Waals surface area contributed by atoms with Crippen LogP contribution in [0.3, 0.4) is 0 Å². The van der Waals surface area contributed by atoms with Crippen molar-refractivity contribution in [3.63, 3.8) is 0 Å². The van der Waals surface area contributed by atoms with Crippen molar-refractivity contribution in [2.45, 2.75) is 19.4 Å². The van der Waals surface area contributed by atoms with Gasteiger partial charge in [0.1, 0.15) is 13.2 Å². The minimum Gasteiger partial charge on any atom is -0.486 e. The van der Waals surface area contributed by atoms with Crippen LogP contribution in [-0.2, 0) is 6.42 Å². The molecule has 1 heterocycles. The Bertz CT molecular complexity index is 592. The van der Waals surface area contributed by atoms with Gasteiger partial charge in [0.15, 0.2) is 11.5 Å². The summed E-state index contributed by atoms with van der Waals surface area (Å²) in [4.78, 5) is 0. The van der Waals surface area contributed by atoms with E-state index in [0.29, 0.717) is 13.2 Å². The first-order valence-corrected chi connectivity index (χ1v) is 6.93. The lowest BCUT2D eigenvalue weighted by atomic mass is 9.98. The van der Waals surface area contributed by atoms with Gasteiger partial charge in [-0.15, -0.1) is 0 Å². The van der Waals surface area contributed by atoms with E-state index in [2.05, 4.69) is 31.2 Å². The molecule has 1 atom stereocenters. The van der Waals surface area contributed by atoms with Crippen LogP contribution < -0.4 is 15.2 Å². The van der Waals surface area contributed by atoms with Gasteiger partial charge in [0, 0.05) is 6.04 Å². The molecule has 0 aromatic heterocycles. The van der Waals surface area contributed by atoms with Crippen molar-refractivity contribution in [2.24, 2.45) is 5.73 Å². The molecule has 1 aliphatic rings. The van der Waals surface area contributed by atoms with E-state index in [0.717, 1.165) is 23.5 Å². The van der Waals surface area contributed by atoms with Crippen molar-refractivity contribution in [3.8, 4) is 11.5 Å². The highest BCUT2D eigenvalue weighted by molar-refractivity contribution is 5.45. The highest BCUT2D eigenvalue weighted by Gasteiger charge is 2.15. The smallest absolute Gasteiger partial charge is 0.161 e. The molecule has 0 radical (unpaired) electrons. The first kappa shape index (κ1) is 13.0.